The smallest absolute Gasteiger partial charge is 0.252 e. The van der Waals surface area contributed by atoms with Crippen LogP contribution in [0.2, 0.25) is 0 Å². The van der Waals surface area contributed by atoms with Crippen LogP contribution in [0.25, 0.3) is 0 Å². The second-order valence-electron chi connectivity index (χ2n) is 12.7. The first-order valence-corrected chi connectivity index (χ1v) is 13.9. The van der Waals surface area contributed by atoms with Gasteiger partial charge in [0.1, 0.15) is 6.04 Å². The van der Waals surface area contributed by atoms with Crippen molar-refractivity contribution in [1.82, 2.24) is 20.2 Å². The molecule has 11 heteroatoms. The van der Waals surface area contributed by atoms with Crippen LogP contribution in [0, 0.1) is 11.5 Å². The topological polar surface area (TPSA) is 122 Å². The van der Waals surface area contributed by atoms with Crippen molar-refractivity contribution < 1.29 is 23.5 Å². The van der Waals surface area contributed by atoms with Crippen molar-refractivity contribution in [3.05, 3.63) is 54.1 Å². The molecule has 4 rings (SSSR count). The molecule has 3 atom stereocenters. The minimum atomic E-state index is -2.77. The molecule has 41 heavy (non-hydrogen) atoms. The van der Waals surface area contributed by atoms with Crippen LogP contribution in [-0.2, 0) is 20.5 Å². The van der Waals surface area contributed by atoms with E-state index < -0.39 is 41.0 Å². The van der Waals surface area contributed by atoms with Gasteiger partial charge in [0, 0.05) is 43.4 Å². The molecule has 0 radical (unpaired) electrons. The average molecular weight is 569 g/mol. The van der Waals surface area contributed by atoms with E-state index >= 15 is 0 Å². The summed E-state index contributed by atoms with van der Waals surface area (Å²) in [5.74, 6) is -3.95. The first-order valence-electron chi connectivity index (χ1n) is 13.9. The Bertz CT molecular complexity index is 1300. The fourth-order valence-corrected chi connectivity index (χ4v) is 5.65. The monoisotopic (exact) mass is 568 g/mol. The first-order chi connectivity index (χ1) is 19.1. The third kappa shape index (κ3) is 6.32. The Morgan fingerprint density at radius 3 is 2.32 bits per heavy atom. The summed E-state index contributed by atoms with van der Waals surface area (Å²) in [5.41, 5.74) is -1.69. The minimum absolute atomic E-state index is 0.0220. The summed E-state index contributed by atoms with van der Waals surface area (Å²) in [6.07, 6.45) is 5.74. The number of alkyl halides is 2. The van der Waals surface area contributed by atoms with Crippen LogP contribution in [0.1, 0.15) is 78.0 Å². The number of hydrogen-bond acceptors (Lipinski definition) is 7. The number of hydrogen-bond donors (Lipinski definition) is 2. The maximum Gasteiger partial charge on any atom is 0.252 e. The lowest BCUT2D eigenvalue weighted by Gasteiger charge is -2.42. The lowest BCUT2D eigenvalue weighted by molar-refractivity contribution is -0.133. The van der Waals surface area contributed by atoms with Gasteiger partial charge in [0.25, 0.3) is 11.8 Å². The van der Waals surface area contributed by atoms with Gasteiger partial charge in [0.15, 0.2) is 11.7 Å². The molecule has 2 aliphatic rings. The van der Waals surface area contributed by atoms with E-state index in [2.05, 4.69) is 36.1 Å². The number of likely N-dealkylation sites (tertiary alicyclic amines) is 1. The van der Waals surface area contributed by atoms with Gasteiger partial charge < -0.3 is 10.4 Å². The molecule has 1 saturated heterocycles. The molecule has 0 spiro atoms. The molecule has 9 nitrogen and oxygen atoms in total. The number of aliphatic hydroxyl groups is 1. The Kier molecular flexibility index (Phi) is 8.11. The first kappa shape index (κ1) is 30.3. The van der Waals surface area contributed by atoms with E-state index in [0.29, 0.717) is 5.69 Å². The molecule has 2 N–H and O–H groups in total. The van der Waals surface area contributed by atoms with Crippen molar-refractivity contribution in [2.24, 2.45) is 0 Å². The number of carbonyl (C=O) groups is 2. The second-order valence-corrected chi connectivity index (χ2v) is 12.7. The molecule has 220 valence electrons. The maximum absolute atomic E-state index is 14.5. The van der Waals surface area contributed by atoms with Gasteiger partial charge in [-0.2, -0.15) is 5.26 Å². The van der Waals surface area contributed by atoms with Crippen molar-refractivity contribution in [2.75, 3.05) is 11.4 Å². The highest BCUT2D eigenvalue weighted by Crippen LogP contribution is 2.39. The molecular weight excluding hydrogens is 530 g/mol. The predicted octanol–water partition coefficient (Wildman–Crippen LogP) is 4.02. The zero-order valence-corrected chi connectivity index (χ0v) is 24.2. The van der Waals surface area contributed by atoms with Crippen molar-refractivity contribution >= 4 is 17.5 Å². The van der Waals surface area contributed by atoms with Crippen LogP contribution in [0.15, 0.2) is 42.9 Å². The molecule has 2 heterocycles. The van der Waals surface area contributed by atoms with E-state index in [4.69, 9.17) is 0 Å². The van der Waals surface area contributed by atoms with E-state index in [1.165, 1.54) is 28.4 Å². The number of β-amino-alcohol motifs (C(OH)–C–C–N with tert-alkyl or cyclic N) is 1. The standard InChI is InChI=1S/C30H38F2N6O3/c1-27(2,3)20-6-8-22(9-7-20)38(25(39)23-16-28(4,41)18-37(23)19-33)29(5,24-17-34-14-15-35-24)26(40)36-21-10-12-30(31,32)13-11-21/h6-9,14-15,17,21,23,41H,10-13,16,18H2,1-5H3,(H,36,40). The third-order valence-electron chi connectivity index (χ3n) is 8.15. The highest BCUT2D eigenvalue weighted by molar-refractivity contribution is 6.06. The number of benzene rings is 1. The van der Waals surface area contributed by atoms with Crippen LogP contribution in [0.3, 0.4) is 0 Å². The Hall–Kier alpha value is -3.65. The fraction of sp³-hybridized carbons (Fsp3) is 0.567. The molecule has 0 bridgehead atoms. The quantitative estimate of drug-likeness (QED) is 0.505. The lowest BCUT2D eigenvalue weighted by atomic mass is 9.86. The van der Waals surface area contributed by atoms with Crippen molar-refractivity contribution in [2.45, 2.75) is 101 Å². The number of nitrogens with one attached hydrogen (secondary N) is 1. The molecule has 1 aliphatic carbocycles. The molecule has 1 aliphatic heterocycles. The predicted molar refractivity (Wildman–Crippen MR) is 149 cm³/mol. The normalized spacial score (nSPS) is 24.3. The van der Waals surface area contributed by atoms with Gasteiger partial charge >= 0.3 is 0 Å². The number of anilines is 1. The van der Waals surface area contributed by atoms with Crippen molar-refractivity contribution in [3.8, 4) is 6.19 Å². The summed E-state index contributed by atoms with van der Waals surface area (Å²) < 4.78 is 27.7. The third-order valence-corrected chi connectivity index (χ3v) is 8.15. The van der Waals surface area contributed by atoms with Gasteiger partial charge in [-0.3, -0.25) is 29.4 Å². The Morgan fingerprint density at radius 1 is 1.15 bits per heavy atom. The van der Waals surface area contributed by atoms with E-state index in [1.54, 1.807) is 26.0 Å². The average Bonchev–Trinajstić information content (AvgIpc) is 3.24. The molecule has 1 saturated carbocycles. The highest BCUT2D eigenvalue weighted by Gasteiger charge is 2.52. The van der Waals surface area contributed by atoms with Gasteiger partial charge in [-0.15, -0.1) is 0 Å². The summed E-state index contributed by atoms with van der Waals surface area (Å²) in [4.78, 5) is 39.8. The van der Waals surface area contributed by atoms with E-state index in [-0.39, 0.29) is 49.8 Å². The zero-order chi connectivity index (χ0) is 30.2. The van der Waals surface area contributed by atoms with Gasteiger partial charge in [-0.25, -0.2) is 8.78 Å². The molecule has 2 aromatic rings. The molecule has 1 aromatic carbocycles. The van der Waals surface area contributed by atoms with Crippen LogP contribution in [-0.4, -0.2) is 61.9 Å². The zero-order valence-electron chi connectivity index (χ0n) is 24.2. The van der Waals surface area contributed by atoms with Gasteiger partial charge in [-0.1, -0.05) is 32.9 Å². The molecule has 2 fully saturated rings. The number of amides is 2. The number of aromatic nitrogens is 2. The summed E-state index contributed by atoms with van der Waals surface area (Å²) in [6.45, 7) is 9.23. The minimum Gasteiger partial charge on any atom is -0.388 e. The molecule has 3 unspecified atom stereocenters. The number of rotatable bonds is 6. The van der Waals surface area contributed by atoms with Crippen LogP contribution >= 0.6 is 0 Å². The number of nitrogens with zero attached hydrogens (tertiary/aromatic N) is 5. The van der Waals surface area contributed by atoms with Crippen LogP contribution < -0.4 is 10.2 Å². The number of nitriles is 1. The fourth-order valence-electron chi connectivity index (χ4n) is 5.65. The van der Waals surface area contributed by atoms with Crippen LogP contribution in [0.5, 0.6) is 0 Å². The maximum atomic E-state index is 14.5. The van der Waals surface area contributed by atoms with Crippen molar-refractivity contribution in [1.29, 1.82) is 5.26 Å². The van der Waals surface area contributed by atoms with E-state index in [0.717, 1.165) is 5.56 Å². The second kappa shape index (κ2) is 11.0. The Balaban J connectivity index is 1.83. The van der Waals surface area contributed by atoms with E-state index in [1.807, 2.05) is 18.3 Å². The highest BCUT2D eigenvalue weighted by atomic mass is 19.3. The summed E-state index contributed by atoms with van der Waals surface area (Å²) >= 11 is 0. The summed E-state index contributed by atoms with van der Waals surface area (Å²) in [5, 5.41) is 23.5. The molecule has 2 amide bonds. The van der Waals surface area contributed by atoms with Gasteiger partial charge in [0.05, 0.1) is 24.0 Å². The Morgan fingerprint density at radius 2 is 1.78 bits per heavy atom. The number of halogens is 2. The largest absolute Gasteiger partial charge is 0.388 e. The van der Waals surface area contributed by atoms with E-state index in [9.17, 15) is 28.7 Å². The Labute approximate surface area is 239 Å². The van der Waals surface area contributed by atoms with Crippen molar-refractivity contribution in [3.63, 3.8) is 0 Å². The SMILES string of the molecule is CC1(O)CC(C(=O)N(c2ccc(C(C)(C)C)cc2)C(C)(C(=O)NC2CCC(F)(F)CC2)c2cnccn2)N(C#N)C1. The van der Waals surface area contributed by atoms with Gasteiger partial charge in [-0.05, 0) is 49.8 Å². The molecular formula is C30H38F2N6O3. The number of carbonyl (C=O) groups excluding carboxylic acids is 2. The summed E-state index contributed by atoms with van der Waals surface area (Å²) in [7, 11) is 0. The summed E-state index contributed by atoms with van der Waals surface area (Å²) in [6, 6.07) is 5.67. The van der Waals surface area contributed by atoms with Gasteiger partial charge in [0.2, 0.25) is 5.92 Å². The molecule has 1 aromatic heterocycles. The lowest BCUT2D eigenvalue weighted by Crippen LogP contribution is -2.62. The van der Waals surface area contributed by atoms with Crippen LogP contribution in [0.4, 0.5) is 14.5 Å².